The molecule has 1 amide bonds. The third kappa shape index (κ3) is 3.11. The van der Waals surface area contributed by atoms with Crippen LogP contribution in [0, 0.1) is 13.8 Å². The second-order valence-electron chi connectivity index (χ2n) is 4.42. The van der Waals surface area contributed by atoms with E-state index in [0.29, 0.717) is 0 Å². The fraction of sp³-hybridized carbons (Fsp3) is 0.385. The Kier molecular flexibility index (Phi) is 4.29. The maximum atomic E-state index is 12.1. The first-order valence-corrected chi connectivity index (χ1v) is 7.12. The van der Waals surface area contributed by atoms with Gasteiger partial charge in [-0.1, -0.05) is 6.92 Å². The SMILES string of the molecule is CC[C@@H](NC(=O)c1c[nH]c(=O)cn1)c1nc(C)c(C)s1. The van der Waals surface area contributed by atoms with Crippen molar-refractivity contribution in [3.05, 3.63) is 44.0 Å². The number of nitrogens with one attached hydrogen (secondary N) is 2. The predicted octanol–water partition coefficient (Wildman–Crippen LogP) is 1.72. The molecule has 0 radical (unpaired) electrons. The fourth-order valence-corrected chi connectivity index (χ4v) is 2.74. The fourth-order valence-electron chi connectivity index (χ4n) is 1.68. The maximum absolute atomic E-state index is 12.1. The number of carbonyl (C=O) groups is 1. The lowest BCUT2D eigenvalue weighted by atomic mass is 10.2. The van der Waals surface area contributed by atoms with Gasteiger partial charge >= 0.3 is 0 Å². The van der Waals surface area contributed by atoms with Crippen LogP contribution >= 0.6 is 11.3 Å². The van der Waals surface area contributed by atoms with Gasteiger partial charge in [0.25, 0.3) is 11.5 Å². The zero-order valence-electron chi connectivity index (χ0n) is 11.6. The van der Waals surface area contributed by atoms with E-state index in [-0.39, 0.29) is 23.2 Å². The molecule has 0 aliphatic carbocycles. The zero-order chi connectivity index (χ0) is 14.7. The number of aromatic amines is 1. The van der Waals surface area contributed by atoms with Crippen molar-refractivity contribution in [1.82, 2.24) is 20.3 Å². The quantitative estimate of drug-likeness (QED) is 0.898. The van der Waals surface area contributed by atoms with E-state index in [1.165, 1.54) is 6.20 Å². The Labute approximate surface area is 120 Å². The third-order valence-corrected chi connectivity index (χ3v) is 4.15. The molecule has 0 saturated carbocycles. The standard InChI is InChI=1S/C13H16N4O2S/c1-4-9(13-16-7(2)8(3)20-13)17-12(19)10-5-15-11(18)6-14-10/h5-6,9H,4H2,1-3H3,(H,15,18)(H,17,19)/t9-/m1/s1. The Morgan fingerprint density at radius 1 is 1.50 bits per heavy atom. The first-order chi connectivity index (χ1) is 9.51. The number of aryl methyl sites for hydroxylation is 2. The van der Waals surface area contributed by atoms with Crippen molar-refractivity contribution in [1.29, 1.82) is 0 Å². The van der Waals surface area contributed by atoms with Crippen molar-refractivity contribution in [2.24, 2.45) is 0 Å². The molecule has 0 fully saturated rings. The van der Waals surface area contributed by atoms with Gasteiger partial charge in [0.05, 0.1) is 17.9 Å². The molecule has 6 nitrogen and oxygen atoms in total. The summed E-state index contributed by atoms with van der Waals surface area (Å²) in [5.41, 5.74) is 0.840. The summed E-state index contributed by atoms with van der Waals surface area (Å²) >= 11 is 1.58. The topological polar surface area (TPSA) is 87.7 Å². The summed E-state index contributed by atoms with van der Waals surface area (Å²) in [7, 11) is 0. The molecule has 2 aromatic heterocycles. The smallest absolute Gasteiger partial charge is 0.271 e. The van der Waals surface area contributed by atoms with Gasteiger partial charge in [-0.3, -0.25) is 9.59 Å². The van der Waals surface area contributed by atoms with Crippen LogP contribution in [0.25, 0.3) is 0 Å². The molecule has 2 rings (SSSR count). The van der Waals surface area contributed by atoms with Gasteiger partial charge in [-0.25, -0.2) is 9.97 Å². The zero-order valence-corrected chi connectivity index (χ0v) is 12.4. The van der Waals surface area contributed by atoms with E-state index < -0.39 is 0 Å². The molecule has 0 aliphatic rings. The van der Waals surface area contributed by atoms with Crippen LogP contribution < -0.4 is 10.9 Å². The first-order valence-electron chi connectivity index (χ1n) is 6.30. The number of aromatic nitrogens is 3. The summed E-state index contributed by atoms with van der Waals surface area (Å²) in [6, 6.07) is -0.145. The van der Waals surface area contributed by atoms with E-state index in [9.17, 15) is 9.59 Å². The summed E-state index contributed by atoms with van der Waals surface area (Å²) in [4.78, 5) is 34.9. The minimum Gasteiger partial charge on any atom is -0.341 e. The number of hydrogen-bond donors (Lipinski definition) is 2. The lowest BCUT2D eigenvalue weighted by Crippen LogP contribution is -2.29. The molecular weight excluding hydrogens is 276 g/mol. The molecule has 106 valence electrons. The molecule has 0 bridgehead atoms. The minimum atomic E-state index is -0.334. The molecule has 2 aromatic rings. The minimum absolute atomic E-state index is 0.145. The van der Waals surface area contributed by atoms with Gasteiger partial charge < -0.3 is 10.3 Å². The van der Waals surface area contributed by atoms with Crippen molar-refractivity contribution in [3.8, 4) is 0 Å². The maximum Gasteiger partial charge on any atom is 0.271 e. The lowest BCUT2D eigenvalue weighted by Gasteiger charge is -2.13. The van der Waals surface area contributed by atoms with Crippen molar-refractivity contribution in [2.45, 2.75) is 33.2 Å². The molecule has 0 unspecified atom stereocenters. The van der Waals surface area contributed by atoms with Gasteiger partial charge in [0.15, 0.2) is 0 Å². The van der Waals surface area contributed by atoms with Gasteiger partial charge in [0, 0.05) is 11.1 Å². The monoisotopic (exact) mass is 292 g/mol. The van der Waals surface area contributed by atoms with Gasteiger partial charge in [0.2, 0.25) is 0 Å². The average Bonchev–Trinajstić information content (AvgIpc) is 2.76. The summed E-state index contributed by atoms with van der Waals surface area (Å²) in [6.45, 7) is 5.94. The Hall–Kier alpha value is -2.02. The number of H-pyrrole nitrogens is 1. The molecular formula is C13H16N4O2S. The molecule has 0 aromatic carbocycles. The summed E-state index contributed by atoms with van der Waals surface area (Å²) in [5.74, 6) is -0.321. The third-order valence-electron chi connectivity index (χ3n) is 2.96. The highest BCUT2D eigenvalue weighted by molar-refractivity contribution is 7.11. The Morgan fingerprint density at radius 2 is 2.25 bits per heavy atom. The molecule has 2 N–H and O–H groups in total. The highest BCUT2D eigenvalue weighted by Crippen LogP contribution is 2.24. The Balaban J connectivity index is 2.15. The van der Waals surface area contributed by atoms with Crippen LogP contribution in [0.2, 0.25) is 0 Å². The lowest BCUT2D eigenvalue weighted by molar-refractivity contribution is 0.0930. The molecule has 7 heteroatoms. The highest BCUT2D eigenvalue weighted by Gasteiger charge is 2.18. The van der Waals surface area contributed by atoms with Crippen molar-refractivity contribution in [2.75, 3.05) is 0 Å². The summed E-state index contributed by atoms with van der Waals surface area (Å²) in [5, 5.41) is 3.77. The number of amides is 1. The van der Waals surface area contributed by atoms with E-state index in [4.69, 9.17) is 0 Å². The molecule has 2 heterocycles. The van der Waals surface area contributed by atoms with Crippen LogP contribution in [0.15, 0.2) is 17.2 Å². The number of carbonyl (C=O) groups excluding carboxylic acids is 1. The molecule has 1 atom stereocenters. The van der Waals surface area contributed by atoms with E-state index in [2.05, 4.69) is 20.3 Å². The molecule has 20 heavy (non-hydrogen) atoms. The van der Waals surface area contributed by atoms with Crippen molar-refractivity contribution >= 4 is 17.2 Å². The number of rotatable bonds is 4. The Bertz CT molecular complexity index is 637. The van der Waals surface area contributed by atoms with Crippen LogP contribution in [-0.4, -0.2) is 20.9 Å². The van der Waals surface area contributed by atoms with Crippen LogP contribution in [0.3, 0.4) is 0 Å². The Morgan fingerprint density at radius 3 is 2.75 bits per heavy atom. The second kappa shape index (κ2) is 5.96. The second-order valence-corrected chi connectivity index (χ2v) is 5.66. The van der Waals surface area contributed by atoms with Crippen LogP contribution in [0.5, 0.6) is 0 Å². The predicted molar refractivity (Wildman–Crippen MR) is 76.9 cm³/mol. The number of thiazole rings is 1. The largest absolute Gasteiger partial charge is 0.341 e. The van der Waals surface area contributed by atoms with Crippen molar-refractivity contribution in [3.63, 3.8) is 0 Å². The van der Waals surface area contributed by atoms with Crippen LogP contribution in [-0.2, 0) is 0 Å². The van der Waals surface area contributed by atoms with Crippen molar-refractivity contribution < 1.29 is 4.79 Å². The van der Waals surface area contributed by atoms with E-state index >= 15 is 0 Å². The molecule has 0 spiro atoms. The normalized spacial score (nSPS) is 12.2. The van der Waals surface area contributed by atoms with E-state index in [0.717, 1.165) is 28.2 Å². The van der Waals surface area contributed by atoms with Gasteiger partial charge in [-0.05, 0) is 20.3 Å². The van der Waals surface area contributed by atoms with Gasteiger partial charge in [-0.15, -0.1) is 11.3 Å². The first kappa shape index (κ1) is 14.4. The number of hydrogen-bond acceptors (Lipinski definition) is 5. The highest BCUT2D eigenvalue weighted by atomic mass is 32.1. The van der Waals surface area contributed by atoms with Gasteiger partial charge in [-0.2, -0.15) is 0 Å². The molecule has 0 saturated heterocycles. The average molecular weight is 292 g/mol. The van der Waals surface area contributed by atoms with Gasteiger partial charge in [0.1, 0.15) is 10.7 Å². The number of nitrogens with zero attached hydrogens (tertiary/aromatic N) is 2. The summed E-state index contributed by atoms with van der Waals surface area (Å²) < 4.78 is 0. The van der Waals surface area contributed by atoms with Crippen LogP contribution in [0.4, 0.5) is 0 Å². The van der Waals surface area contributed by atoms with E-state index in [1.807, 2.05) is 20.8 Å². The molecule has 0 aliphatic heterocycles. The summed E-state index contributed by atoms with van der Waals surface area (Å²) in [6.07, 6.45) is 3.14. The van der Waals surface area contributed by atoms with Crippen LogP contribution in [0.1, 0.15) is 45.5 Å². The van der Waals surface area contributed by atoms with E-state index in [1.54, 1.807) is 11.3 Å².